The summed E-state index contributed by atoms with van der Waals surface area (Å²) in [5, 5.41) is 0. The molecule has 1 aromatic heterocycles. The number of para-hydroxylation sites is 2. The minimum absolute atomic E-state index is 0.0270. The van der Waals surface area contributed by atoms with Gasteiger partial charge in [0.1, 0.15) is 11.9 Å². The molecule has 2 atom stereocenters. The van der Waals surface area contributed by atoms with Crippen LogP contribution in [0.4, 0.5) is 5.82 Å². The minimum Gasteiger partial charge on any atom is -0.482 e. The minimum atomic E-state index is -0.613. The lowest BCUT2D eigenvalue weighted by Crippen LogP contribution is -2.56. The molecule has 1 aromatic carbocycles. The number of carbonyl (C=O) groups excluding carboxylic acids is 1. The van der Waals surface area contributed by atoms with Gasteiger partial charge < -0.3 is 19.3 Å². The van der Waals surface area contributed by atoms with Crippen LogP contribution in [-0.2, 0) is 4.79 Å². The number of piperazine rings is 1. The predicted molar refractivity (Wildman–Crippen MR) is 91.8 cm³/mol. The molecular weight excluding hydrogens is 320 g/mol. The summed E-state index contributed by atoms with van der Waals surface area (Å²) in [6, 6.07) is 7.45. The van der Waals surface area contributed by atoms with E-state index in [-0.39, 0.29) is 12.0 Å². The average Bonchev–Trinajstić information content (AvgIpc) is 2.68. The summed E-state index contributed by atoms with van der Waals surface area (Å²) in [4.78, 5) is 25.3. The van der Waals surface area contributed by atoms with Crippen molar-refractivity contribution in [1.82, 2.24) is 14.9 Å². The van der Waals surface area contributed by atoms with E-state index in [9.17, 15) is 4.79 Å². The highest BCUT2D eigenvalue weighted by molar-refractivity contribution is 5.82. The molecule has 0 aliphatic carbocycles. The van der Waals surface area contributed by atoms with Crippen molar-refractivity contribution in [2.45, 2.75) is 19.1 Å². The second-order valence-corrected chi connectivity index (χ2v) is 6.18. The van der Waals surface area contributed by atoms with Crippen molar-refractivity contribution in [1.29, 1.82) is 0 Å². The van der Waals surface area contributed by atoms with Crippen LogP contribution in [0.25, 0.3) is 0 Å². The van der Waals surface area contributed by atoms with E-state index in [0.717, 1.165) is 18.9 Å². The molecule has 7 nitrogen and oxygen atoms in total. The van der Waals surface area contributed by atoms with Gasteiger partial charge in [-0.1, -0.05) is 12.1 Å². The summed E-state index contributed by atoms with van der Waals surface area (Å²) < 4.78 is 11.8. The van der Waals surface area contributed by atoms with Crippen LogP contribution in [0.15, 0.2) is 42.9 Å². The Kier molecular flexibility index (Phi) is 4.13. The molecule has 0 radical (unpaired) electrons. The molecule has 2 aromatic rings. The molecule has 4 rings (SSSR count). The number of anilines is 1. The third-order valence-corrected chi connectivity index (χ3v) is 4.55. The highest BCUT2D eigenvalue weighted by Crippen LogP contribution is 2.34. The van der Waals surface area contributed by atoms with E-state index in [1.165, 1.54) is 0 Å². The quantitative estimate of drug-likeness (QED) is 0.822. The lowest BCUT2D eigenvalue weighted by Gasteiger charge is -2.39. The van der Waals surface area contributed by atoms with Crippen LogP contribution in [0.3, 0.4) is 0 Å². The van der Waals surface area contributed by atoms with Gasteiger partial charge >= 0.3 is 0 Å². The third-order valence-electron chi connectivity index (χ3n) is 4.55. The fourth-order valence-corrected chi connectivity index (χ4v) is 3.18. The number of carbonyl (C=O) groups is 1. The Morgan fingerprint density at radius 2 is 1.80 bits per heavy atom. The summed E-state index contributed by atoms with van der Waals surface area (Å²) in [6.45, 7) is 4.58. The first-order valence-electron chi connectivity index (χ1n) is 8.44. The van der Waals surface area contributed by atoms with Gasteiger partial charge in [-0.25, -0.2) is 4.98 Å². The first kappa shape index (κ1) is 15.7. The molecule has 7 heteroatoms. The molecule has 1 amide bonds. The fraction of sp³-hybridized carbons (Fsp3) is 0.389. The molecule has 0 spiro atoms. The summed E-state index contributed by atoms with van der Waals surface area (Å²) >= 11 is 0. The van der Waals surface area contributed by atoms with E-state index in [0.29, 0.717) is 24.6 Å². The molecular formula is C18H20N4O3. The van der Waals surface area contributed by atoms with Crippen molar-refractivity contribution in [2.75, 3.05) is 31.1 Å². The summed E-state index contributed by atoms with van der Waals surface area (Å²) in [5.74, 6) is 2.12. The summed E-state index contributed by atoms with van der Waals surface area (Å²) in [5.41, 5.74) is 0. The van der Waals surface area contributed by atoms with Gasteiger partial charge in [0, 0.05) is 38.6 Å². The van der Waals surface area contributed by atoms with Gasteiger partial charge in [-0.15, -0.1) is 0 Å². The fourth-order valence-electron chi connectivity index (χ4n) is 3.18. The molecule has 1 saturated heterocycles. The van der Waals surface area contributed by atoms with Gasteiger partial charge in [-0.2, -0.15) is 0 Å². The number of hydrogen-bond acceptors (Lipinski definition) is 6. The Labute approximate surface area is 146 Å². The topological polar surface area (TPSA) is 67.8 Å². The zero-order chi connectivity index (χ0) is 17.2. The van der Waals surface area contributed by atoms with Gasteiger partial charge in [0.05, 0.1) is 6.20 Å². The van der Waals surface area contributed by atoms with Crippen molar-refractivity contribution in [3.05, 3.63) is 42.9 Å². The van der Waals surface area contributed by atoms with Crippen LogP contribution in [-0.4, -0.2) is 59.2 Å². The number of benzene rings is 1. The highest BCUT2D eigenvalue weighted by Gasteiger charge is 2.37. The monoisotopic (exact) mass is 340 g/mol. The van der Waals surface area contributed by atoms with Crippen molar-refractivity contribution in [2.24, 2.45) is 0 Å². The summed E-state index contributed by atoms with van der Waals surface area (Å²) in [7, 11) is 0. The van der Waals surface area contributed by atoms with E-state index < -0.39 is 6.10 Å². The molecule has 0 unspecified atom stereocenters. The van der Waals surface area contributed by atoms with Gasteiger partial charge in [0.25, 0.3) is 5.91 Å². The van der Waals surface area contributed by atoms with E-state index in [2.05, 4.69) is 14.9 Å². The molecule has 25 heavy (non-hydrogen) atoms. The predicted octanol–water partition coefficient (Wildman–Crippen LogP) is 1.35. The maximum atomic E-state index is 12.9. The Balaban J connectivity index is 1.41. The molecule has 2 aliphatic rings. The van der Waals surface area contributed by atoms with Crippen molar-refractivity contribution in [3.63, 3.8) is 0 Å². The summed E-state index contributed by atoms with van der Waals surface area (Å²) in [6.07, 6.45) is 4.15. The molecule has 0 N–H and O–H groups in total. The number of nitrogens with zero attached hydrogens (tertiary/aromatic N) is 4. The van der Waals surface area contributed by atoms with Crippen LogP contribution in [0.5, 0.6) is 11.5 Å². The molecule has 2 aliphatic heterocycles. The van der Waals surface area contributed by atoms with Gasteiger partial charge in [0.2, 0.25) is 6.10 Å². The van der Waals surface area contributed by atoms with Gasteiger partial charge in [0.15, 0.2) is 11.5 Å². The standard InChI is InChI=1S/C18H20N4O3/c1-13-17(25-15-5-3-2-4-14(15)24-13)18(23)22-10-8-21(9-11-22)16-12-19-6-7-20-16/h2-7,12-13,17H,8-11H2,1H3/t13-,17-/m1/s1. The normalized spacial score (nSPS) is 22.6. The lowest BCUT2D eigenvalue weighted by atomic mass is 10.1. The van der Waals surface area contributed by atoms with Crippen LogP contribution in [0, 0.1) is 0 Å². The lowest BCUT2D eigenvalue weighted by molar-refractivity contribution is -0.144. The molecule has 1 fully saturated rings. The van der Waals surface area contributed by atoms with E-state index >= 15 is 0 Å². The maximum Gasteiger partial charge on any atom is 0.267 e. The number of ether oxygens (including phenoxy) is 2. The second-order valence-electron chi connectivity index (χ2n) is 6.18. The number of rotatable bonds is 2. The van der Waals surface area contributed by atoms with Crippen LogP contribution in [0.2, 0.25) is 0 Å². The number of aromatic nitrogens is 2. The van der Waals surface area contributed by atoms with Crippen LogP contribution in [0.1, 0.15) is 6.92 Å². The largest absolute Gasteiger partial charge is 0.482 e. The SMILES string of the molecule is C[C@H]1Oc2ccccc2O[C@H]1C(=O)N1CCN(c2cnccn2)CC1. The van der Waals surface area contributed by atoms with Crippen molar-refractivity contribution in [3.8, 4) is 11.5 Å². The molecule has 130 valence electrons. The van der Waals surface area contributed by atoms with E-state index in [4.69, 9.17) is 9.47 Å². The third kappa shape index (κ3) is 3.09. The zero-order valence-electron chi connectivity index (χ0n) is 14.0. The number of amides is 1. The second kappa shape index (κ2) is 6.58. The van der Waals surface area contributed by atoms with E-state index in [1.807, 2.05) is 36.1 Å². The van der Waals surface area contributed by atoms with E-state index in [1.54, 1.807) is 18.6 Å². The van der Waals surface area contributed by atoms with Gasteiger partial charge in [-0.05, 0) is 19.1 Å². The zero-order valence-corrected chi connectivity index (χ0v) is 14.0. The Morgan fingerprint density at radius 3 is 2.48 bits per heavy atom. The van der Waals surface area contributed by atoms with Crippen molar-refractivity contribution >= 4 is 11.7 Å². The number of fused-ring (bicyclic) bond motifs is 1. The Morgan fingerprint density at radius 1 is 1.08 bits per heavy atom. The first-order chi connectivity index (χ1) is 12.2. The highest BCUT2D eigenvalue weighted by atomic mass is 16.6. The Bertz CT molecular complexity index is 747. The Hall–Kier alpha value is -2.83. The molecule has 0 bridgehead atoms. The first-order valence-corrected chi connectivity index (χ1v) is 8.44. The molecule has 3 heterocycles. The van der Waals surface area contributed by atoms with Crippen LogP contribution >= 0.6 is 0 Å². The molecule has 0 saturated carbocycles. The van der Waals surface area contributed by atoms with Gasteiger partial charge in [-0.3, -0.25) is 9.78 Å². The number of hydrogen-bond donors (Lipinski definition) is 0. The maximum absolute atomic E-state index is 12.9. The smallest absolute Gasteiger partial charge is 0.267 e. The van der Waals surface area contributed by atoms with Crippen LogP contribution < -0.4 is 14.4 Å². The van der Waals surface area contributed by atoms with Crippen molar-refractivity contribution < 1.29 is 14.3 Å². The average molecular weight is 340 g/mol.